The van der Waals surface area contributed by atoms with Crippen molar-refractivity contribution in [3.63, 3.8) is 0 Å². The van der Waals surface area contributed by atoms with E-state index in [1.165, 1.54) is 10.7 Å². The Labute approximate surface area is 172 Å². The summed E-state index contributed by atoms with van der Waals surface area (Å²) in [5, 5.41) is 0. The first-order valence-electron chi connectivity index (χ1n) is 10.2. The average Bonchev–Trinajstić information content (AvgIpc) is 3.22. The molecule has 2 aromatic rings. The van der Waals surface area contributed by atoms with Gasteiger partial charge >= 0.3 is 0 Å². The van der Waals surface area contributed by atoms with Gasteiger partial charge in [0.25, 0.3) is 0 Å². The lowest BCUT2D eigenvalue weighted by atomic mass is 10.1. The molecule has 6 nitrogen and oxygen atoms in total. The van der Waals surface area contributed by atoms with Gasteiger partial charge in [-0.05, 0) is 43.6 Å². The highest BCUT2D eigenvalue weighted by atomic mass is 32.2. The Kier molecular flexibility index (Phi) is 5.99. The van der Waals surface area contributed by atoms with Crippen molar-refractivity contribution in [2.75, 3.05) is 32.7 Å². The summed E-state index contributed by atoms with van der Waals surface area (Å²) in [5.41, 5.74) is 0.816. The number of nitrogens with zero attached hydrogens (tertiary/aromatic N) is 3. The molecule has 2 aliphatic rings. The number of piperidine rings is 1. The van der Waals surface area contributed by atoms with Crippen LogP contribution < -0.4 is 0 Å². The predicted octanol–water partition coefficient (Wildman–Crippen LogP) is 2.70. The van der Waals surface area contributed by atoms with Crippen LogP contribution in [0.25, 0.3) is 0 Å². The van der Waals surface area contributed by atoms with E-state index < -0.39 is 16.2 Å². The van der Waals surface area contributed by atoms with Crippen molar-refractivity contribution >= 4 is 15.9 Å². The standard InChI is InChI=1S/C22H27N3O3S/c26-21(18-23-14-8-3-9-15-23)24-16-17-25(22(24)19-10-4-1-5-11-19)29(27,28)20-12-6-2-7-13-20/h1-2,4-7,10-13,22H,3,8-9,14-18H2/t22-/m0/s1. The van der Waals surface area contributed by atoms with E-state index in [0.717, 1.165) is 31.5 Å². The van der Waals surface area contributed by atoms with Crippen LogP contribution in [0.4, 0.5) is 0 Å². The van der Waals surface area contributed by atoms with E-state index in [-0.39, 0.29) is 10.8 Å². The number of hydrogen-bond acceptors (Lipinski definition) is 4. The van der Waals surface area contributed by atoms with Gasteiger partial charge in [0.1, 0.15) is 6.17 Å². The van der Waals surface area contributed by atoms with Crippen molar-refractivity contribution in [1.82, 2.24) is 14.1 Å². The molecule has 0 radical (unpaired) electrons. The number of rotatable bonds is 5. The van der Waals surface area contributed by atoms with Gasteiger partial charge in [0, 0.05) is 13.1 Å². The monoisotopic (exact) mass is 413 g/mol. The van der Waals surface area contributed by atoms with Gasteiger partial charge in [-0.1, -0.05) is 55.0 Å². The van der Waals surface area contributed by atoms with Gasteiger partial charge < -0.3 is 4.90 Å². The molecule has 2 fully saturated rings. The number of carbonyl (C=O) groups is 1. The maximum atomic E-state index is 13.4. The van der Waals surface area contributed by atoms with E-state index >= 15 is 0 Å². The second-order valence-electron chi connectivity index (χ2n) is 7.64. The number of benzene rings is 2. The van der Waals surface area contributed by atoms with Crippen LogP contribution in [0.1, 0.15) is 31.0 Å². The topological polar surface area (TPSA) is 60.9 Å². The predicted molar refractivity (Wildman–Crippen MR) is 112 cm³/mol. The first kappa shape index (κ1) is 20.1. The van der Waals surface area contributed by atoms with Crippen molar-refractivity contribution in [2.24, 2.45) is 0 Å². The molecule has 0 spiro atoms. The van der Waals surface area contributed by atoms with Crippen LogP contribution in [0.5, 0.6) is 0 Å². The molecule has 1 atom stereocenters. The third-order valence-electron chi connectivity index (χ3n) is 5.70. The average molecular weight is 414 g/mol. The molecule has 0 N–H and O–H groups in total. The molecular formula is C22H27N3O3S. The highest BCUT2D eigenvalue weighted by Crippen LogP contribution is 2.35. The lowest BCUT2D eigenvalue weighted by Crippen LogP contribution is -2.44. The summed E-state index contributed by atoms with van der Waals surface area (Å²) >= 11 is 0. The summed E-state index contributed by atoms with van der Waals surface area (Å²) in [6, 6.07) is 17.9. The Balaban J connectivity index is 1.63. The summed E-state index contributed by atoms with van der Waals surface area (Å²) in [7, 11) is -3.71. The van der Waals surface area contributed by atoms with Crippen LogP contribution in [-0.4, -0.2) is 61.2 Å². The maximum absolute atomic E-state index is 13.4. The summed E-state index contributed by atoms with van der Waals surface area (Å²) in [5.74, 6) is -0.00786. The van der Waals surface area contributed by atoms with Crippen LogP contribution in [0.3, 0.4) is 0 Å². The maximum Gasteiger partial charge on any atom is 0.245 e. The van der Waals surface area contributed by atoms with Gasteiger partial charge in [-0.2, -0.15) is 4.31 Å². The SMILES string of the molecule is O=C(CN1CCCCC1)N1CCN(S(=O)(=O)c2ccccc2)[C@H]1c1ccccc1. The zero-order valence-electron chi connectivity index (χ0n) is 16.5. The van der Waals surface area contributed by atoms with E-state index in [2.05, 4.69) is 4.90 Å². The molecule has 1 amide bonds. The summed E-state index contributed by atoms with van der Waals surface area (Å²) in [6.45, 7) is 2.91. The second kappa shape index (κ2) is 8.65. The van der Waals surface area contributed by atoms with E-state index in [1.807, 2.05) is 30.3 Å². The highest BCUT2D eigenvalue weighted by Gasteiger charge is 2.43. The van der Waals surface area contributed by atoms with Gasteiger partial charge in [-0.15, -0.1) is 0 Å². The lowest BCUT2D eigenvalue weighted by molar-refractivity contribution is -0.134. The van der Waals surface area contributed by atoms with Gasteiger partial charge in [0.2, 0.25) is 15.9 Å². The zero-order chi connectivity index (χ0) is 20.3. The van der Waals surface area contributed by atoms with Gasteiger partial charge in [-0.3, -0.25) is 9.69 Å². The number of amides is 1. The Morgan fingerprint density at radius 2 is 1.45 bits per heavy atom. The minimum atomic E-state index is -3.71. The Bertz CT molecular complexity index is 928. The Morgan fingerprint density at radius 3 is 2.10 bits per heavy atom. The van der Waals surface area contributed by atoms with Gasteiger partial charge in [0.15, 0.2) is 0 Å². The first-order valence-corrected chi connectivity index (χ1v) is 11.6. The molecule has 2 heterocycles. The third-order valence-corrected chi connectivity index (χ3v) is 7.57. The van der Waals surface area contributed by atoms with Crippen molar-refractivity contribution in [2.45, 2.75) is 30.3 Å². The van der Waals surface area contributed by atoms with Crippen molar-refractivity contribution in [3.8, 4) is 0 Å². The molecule has 4 rings (SSSR count). The normalized spacial score (nSPS) is 21.4. The molecule has 2 aliphatic heterocycles. The fourth-order valence-corrected chi connectivity index (χ4v) is 5.81. The number of hydrogen-bond donors (Lipinski definition) is 0. The first-order chi connectivity index (χ1) is 14.1. The molecular weight excluding hydrogens is 386 g/mol. The molecule has 2 saturated heterocycles. The molecule has 0 saturated carbocycles. The van der Waals surface area contributed by atoms with Gasteiger partial charge in [0.05, 0.1) is 11.4 Å². The van der Waals surface area contributed by atoms with Crippen molar-refractivity contribution < 1.29 is 13.2 Å². The van der Waals surface area contributed by atoms with Crippen LogP contribution in [0, 0.1) is 0 Å². The molecule has 0 bridgehead atoms. The van der Waals surface area contributed by atoms with E-state index in [9.17, 15) is 13.2 Å². The van der Waals surface area contributed by atoms with E-state index in [1.54, 1.807) is 35.2 Å². The fourth-order valence-electron chi connectivity index (χ4n) is 4.22. The third kappa shape index (κ3) is 4.22. The zero-order valence-corrected chi connectivity index (χ0v) is 17.3. The number of carbonyl (C=O) groups excluding carboxylic acids is 1. The summed E-state index contributed by atoms with van der Waals surface area (Å²) in [4.78, 5) is 17.3. The second-order valence-corrected chi connectivity index (χ2v) is 9.53. The summed E-state index contributed by atoms with van der Waals surface area (Å²) in [6.07, 6.45) is 2.83. The fraction of sp³-hybridized carbons (Fsp3) is 0.409. The quantitative estimate of drug-likeness (QED) is 0.756. The van der Waals surface area contributed by atoms with E-state index in [0.29, 0.717) is 19.6 Å². The molecule has 154 valence electrons. The minimum absolute atomic E-state index is 0.00786. The molecule has 0 aromatic heterocycles. The van der Waals surface area contributed by atoms with E-state index in [4.69, 9.17) is 0 Å². The molecule has 7 heteroatoms. The van der Waals surface area contributed by atoms with Crippen LogP contribution in [0.2, 0.25) is 0 Å². The van der Waals surface area contributed by atoms with Gasteiger partial charge in [-0.25, -0.2) is 8.42 Å². The molecule has 29 heavy (non-hydrogen) atoms. The Hall–Kier alpha value is -2.22. The minimum Gasteiger partial charge on any atom is -0.319 e. The lowest BCUT2D eigenvalue weighted by Gasteiger charge is -2.32. The van der Waals surface area contributed by atoms with Crippen LogP contribution in [-0.2, 0) is 14.8 Å². The number of sulfonamides is 1. The van der Waals surface area contributed by atoms with Crippen molar-refractivity contribution in [3.05, 3.63) is 66.2 Å². The largest absolute Gasteiger partial charge is 0.319 e. The molecule has 2 aromatic carbocycles. The number of likely N-dealkylation sites (tertiary alicyclic amines) is 1. The summed E-state index contributed by atoms with van der Waals surface area (Å²) < 4.78 is 28.2. The molecule has 0 unspecified atom stereocenters. The van der Waals surface area contributed by atoms with Crippen LogP contribution >= 0.6 is 0 Å². The van der Waals surface area contributed by atoms with Crippen LogP contribution in [0.15, 0.2) is 65.6 Å². The Morgan fingerprint density at radius 1 is 0.828 bits per heavy atom. The smallest absolute Gasteiger partial charge is 0.245 e. The van der Waals surface area contributed by atoms with Crippen molar-refractivity contribution in [1.29, 1.82) is 0 Å². The highest BCUT2D eigenvalue weighted by molar-refractivity contribution is 7.89. The molecule has 0 aliphatic carbocycles.